The molecule has 28 heavy (non-hydrogen) atoms. The number of hydrogen-bond acceptors (Lipinski definition) is 5. The molecule has 3 rings (SSSR count). The number of carbonyl (C=O) groups excluding carboxylic acids is 1. The predicted octanol–water partition coefficient (Wildman–Crippen LogP) is 4.37. The summed E-state index contributed by atoms with van der Waals surface area (Å²) in [4.78, 5) is 21.1. The van der Waals surface area contributed by atoms with Gasteiger partial charge in [0, 0.05) is 31.9 Å². The molecule has 1 fully saturated rings. The van der Waals surface area contributed by atoms with Crippen LogP contribution in [0.4, 0.5) is 22.0 Å². The Balaban J connectivity index is 1.57. The van der Waals surface area contributed by atoms with Gasteiger partial charge in [0.25, 0.3) is 0 Å². The van der Waals surface area contributed by atoms with Crippen molar-refractivity contribution in [2.45, 2.75) is 40.2 Å². The van der Waals surface area contributed by atoms with Crippen molar-refractivity contribution in [1.29, 1.82) is 0 Å². The van der Waals surface area contributed by atoms with Crippen LogP contribution in [0.1, 0.15) is 31.9 Å². The molecular weight excluding hydrogens is 352 g/mol. The van der Waals surface area contributed by atoms with Gasteiger partial charge in [-0.2, -0.15) is 0 Å². The van der Waals surface area contributed by atoms with Crippen molar-refractivity contribution < 1.29 is 9.53 Å². The number of nitrogens with zero attached hydrogens (tertiary/aromatic N) is 3. The van der Waals surface area contributed by atoms with E-state index in [-0.39, 0.29) is 0 Å². The van der Waals surface area contributed by atoms with Gasteiger partial charge in [-0.25, -0.2) is 9.78 Å². The Labute approximate surface area is 167 Å². The lowest BCUT2D eigenvalue weighted by Crippen LogP contribution is -2.47. The smallest absolute Gasteiger partial charge is 0.412 e. The van der Waals surface area contributed by atoms with Gasteiger partial charge in [-0.05, 0) is 63.9 Å². The van der Waals surface area contributed by atoms with Gasteiger partial charge < -0.3 is 14.5 Å². The zero-order chi connectivity index (χ0) is 20.3. The summed E-state index contributed by atoms with van der Waals surface area (Å²) in [6.07, 6.45) is 1.21. The molecule has 1 saturated heterocycles. The molecule has 150 valence electrons. The summed E-state index contributed by atoms with van der Waals surface area (Å²) in [5.74, 6) is 0.926. The quantitative estimate of drug-likeness (QED) is 0.854. The number of benzene rings is 1. The normalized spacial score (nSPS) is 14.8. The Hall–Kier alpha value is -2.76. The Morgan fingerprint density at radius 2 is 1.71 bits per heavy atom. The largest absolute Gasteiger partial charge is 0.444 e. The summed E-state index contributed by atoms with van der Waals surface area (Å²) < 4.78 is 5.27. The molecule has 0 saturated carbocycles. The minimum Gasteiger partial charge on any atom is -0.444 e. The van der Waals surface area contributed by atoms with E-state index in [9.17, 15) is 4.79 Å². The van der Waals surface area contributed by atoms with E-state index in [2.05, 4.69) is 52.1 Å². The van der Waals surface area contributed by atoms with Crippen LogP contribution in [0.25, 0.3) is 0 Å². The van der Waals surface area contributed by atoms with Gasteiger partial charge >= 0.3 is 6.09 Å². The van der Waals surface area contributed by atoms with E-state index in [1.54, 1.807) is 6.20 Å². The fourth-order valence-corrected chi connectivity index (χ4v) is 3.32. The lowest BCUT2D eigenvalue weighted by Gasteiger charge is -2.37. The van der Waals surface area contributed by atoms with E-state index in [0.29, 0.717) is 5.69 Å². The van der Waals surface area contributed by atoms with Gasteiger partial charge in [0.05, 0.1) is 11.9 Å². The summed E-state index contributed by atoms with van der Waals surface area (Å²) in [6, 6.07) is 10.3. The van der Waals surface area contributed by atoms with Crippen LogP contribution in [0.5, 0.6) is 0 Å². The fourth-order valence-electron chi connectivity index (χ4n) is 3.32. The lowest BCUT2D eigenvalue weighted by atomic mass is 10.1. The minimum absolute atomic E-state index is 0.468. The Morgan fingerprint density at radius 1 is 1.04 bits per heavy atom. The fraction of sp³-hybridized carbons (Fsp3) is 0.455. The number of nitrogens with one attached hydrogen (secondary N) is 1. The van der Waals surface area contributed by atoms with Gasteiger partial charge in [-0.1, -0.05) is 12.1 Å². The van der Waals surface area contributed by atoms with Gasteiger partial charge in [0.15, 0.2) is 0 Å². The third kappa shape index (κ3) is 4.94. The number of pyridine rings is 1. The highest BCUT2D eigenvalue weighted by atomic mass is 16.6. The summed E-state index contributed by atoms with van der Waals surface area (Å²) >= 11 is 0. The van der Waals surface area contributed by atoms with E-state index in [1.165, 1.54) is 16.8 Å². The van der Waals surface area contributed by atoms with E-state index in [1.807, 2.05) is 32.9 Å². The molecule has 1 aromatic carbocycles. The maximum Gasteiger partial charge on any atom is 0.412 e. The lowest BCUT2D eigenvalue weighted by molar-refractivity contribution is 0.0636. The number of amides is 1. The maximum atomic E-state index is 11.9. The van der Waals surface area contributed by atoms with Crippen molar-refractivity contribution in [3.05, 3.63) is 47.7 Å². The molecule has 1 aliphatic rings. The third-order valence-electron chi connectivity index (χ3n) is 4.91. The first kappa shape index (κ1) is 20.0. The van der Waals surface area contributed by atoms with Gasteiger partial charge in [0.1, 0.15) is 11.4 Å². The third-order valence-corrected chi connectivity index (χ3v) is 4.91. The summed E-state index contributed by atoms with van der Waals surface area (Å²) in [7, 11) is 0. The second-order valence-electron chi connectivity index (χ2n) is 8.23. The van der Waals surface area contributed by atoms with E-state index < -0.39 is 11.7 Å². The van der Waals surface area contributed by atoms with Crippen molar-refractivity contribution in [1.82, 2.24) is 4.98 Å². The topological polar surface area (TPSA) is 57.7 Å². The number of anilines is 3. The average molecular weight is 383 g/mol. The maximum absolute atomic E-state index is 11.9. The number of aromatic nitrogens is 1. The zero-order valence-electron chi connectivity index (χ0n) is 17.5. The number of hydrogen-bond donors (Lipinski definition) is 1. The van der Waals surface area contributed by atoms with Crippen LogP contribution >= 0.6 is 0 Å². The molecular formula is C22H30N4O2. The molecule has 6 heteroatoms. The van der Waals surface area contributed by atoms with Crippen molar-refractivity contribution in [3.63, 3.8) is 0 Å². The number of aryl methyl sites for hydroxylation is 1. The molecule has 0 atom stereocenters. The molecule has 0 unspecified atom stereocenters. The summed E-state index contributed by atoms with van der Waals surface area (Å²) in [6.45, 7) is 13.6. The highest BCUT2D eigenvalue weighted by Crippen LogP contribution is 2.25. The number of piperazine rings is 1. The number of carbonyl (C=O) groups is 1. The van der Waals surface area contributed by atoms with E-state index in [4.69, 9.17) is 4.74 Å². The molecule has 0 spiro atoms. The molecule has 0 aliphatic carbocycles. The Kier molecular flexibility index (Phi) is 5.77. The molecule has 6 nitrogen and oxygen atoms in total. The number of ether oxygens (including phenoxy) is 1. The van der Waals surface area contributed by atoms with Gasteiger partial charge in [0.2, 0.25) is 0 Å². The van der Waals surface area contributed by atoms with Crippen molar-refractivity contribution in [3.8, 4) is 0 Å². The Morgan fingerprint density at radius 3 is 2.32 bits per heavy atom. The van der Waals surface area contributed by atoms with Gasteiger partial charge in [-0.3, -0.25) is 5.32 Å². The molecule has 1 amide bonds. The van der Waals surface area contributed by atoms with Crippen molar-refractivity contribution >= 4 is 23.3 Å². The molecule has 1 aliphatic heterocycles. The van der Waals surface area contributed by atoms with E-state index in [0.717, 1.165) is 32.0 Å². The second kappa shape index (κ2) is 8.09. The average Bonchev–Trinajstić information content (AvgIpc) is 2.63. The van der Waals surface area contributed by atoms with Crippen LogP contribution in [-0.2, 0) is 4.74 Å². The zero-order valence-corrected chi connectivity index (χ0v) is 17.5. The van der Waals surface area contributed by atoms with Crippen molar-refractivity contribution in [2.24, 2.45) is 0 Å². The van der Waals surface area contributed by atoms with Crippen LogP contribution in [-0.4, -0.2) is 42.9 Å². The van der Waals surface area contributed by atoms with Crippen molar-refractivity contribution in [2.75, 3.05) is 41.3 Å². The van der Waals surface area contributed by atoms with Crippen LogP contribution in [0.3, 0.4) is 0 Å². The van der Waals surface area contributed by atoms with Crippen LogP contribution in [0.15, 0.2) is 36.5 Å². The van der Waals surface area contributed by atoms with Crippen LogP contribution in [0, 0.1) is 13.8 Å². The summed E-state index contributed by atoms with van der Waals surface area (Å²) in [5, 5.41) is 2.72. The monoisotopic (exact) mass is 382 g/mol. The van der Waals surface area contributed by atoms with Crippen LogP contribution in [0.2, 0.25) is 0 Å². The molecule has 2 heterocycles. The van der Waals surface area contributed by atoms with Crippen LogP contribution < -0.4 is 15.1 Å². The number of rotatable bonds is 3. The predicted molar refractivity (Wildman–Crippen MR) is 114 cm³/mol. The molecule has 0 bridgehead atoms. The standard InChI is InChI=1S/C22H30N4O2/c1-16-7-6-8-19(17(16)2)25-11-13-26(14-12-25)20-10-9-18(15-23-20)24-21(27)28-22(3,4)5/h6-10,15H,11-14H2,1-5H3,(H,24,27). The molecule has 1 aromatic heterocycles. The first-order valence-corrected chi connectivity index (χ1v) is 9.75. The SMILES string of the molecule is Cc1cccc(N2CCN(c3ccc(NC(=O)OC(C)(C)C)cn3)CC2)c1C. The minimum atomic E-state index is -0.521. The van der Waals surface area contributed by atoms with Gasteiger partial charge in [-0.15, -0.1) is 0 Å². The van der Waals surface area contributed by atoms with E-state index >= 15 is 0 Å². The highest BCUT2D eigenvalue weighted by molar-refractivity contribution is 5.84. The summed E-state index contributed by atoms with van der Waals surface area (Å²) in [5.41, 5.74) is 4.12. The highest BCUT2D eigenvalue weighted by Gasteiger charge is 2.20. The Bertz CT molecular complexity index is 819. The second-order valence-corrected chi connectivity index (χ2v) is 8.23. The molecule has 1 N–H and O–H groups in total. The molecule has 0 radical (unpaired) electrons. The molecule has 2 aromatic rings. The first-order valence-electron chi connectivity index (χ1n) is 9.75. The first-order chi connectivity index (χ1) is 13.2.